The predicted octanol–water partition coefficient (Wildman–Crippen LogP) is 15.4. The number of thioether (sulfide) groups is 1. The number of halogens is 5. The van der Waals surface area contributed by atoms with Crippen LogP contribution in [-0.2, 0) is 39.8 Å². The number of carbonyl (C=O) groups is 3. The number of benzene rings is 5. The molecule has 3 aliphatic rings. The number of aromatic nitrogens is 1. The summed E-state index contributed by atoms with van der Waals surface area (Å²) in [6, 6.07) is 42.3. The first-order valence-corrected chi connectivity index (χ1v) is 34.7. The second-order valence-corrected chi connectivity index (χ2v) is 28.2. The third-order valence-electron chi connectivity index (χ3n) is 19.4. The fraction of sp³-hybridized carbons (Fsp3) is 0.500. The van der Waals surface area contributed by atoms with Gasteiger partial charge < -0.3 is 40.1 Å². The molecule has 12 nitrogen and oxygen atoms in total. The highest BCUT2D eigenvalue weighted by Gasteiger charge is 2.41. The molecule has 9 rings (SSSR count). The van der Waals surface area contributed by atoms with Crippen LogP contribution >= 0.6 is 23.4 Å². The number of para-hydroxylation sites is 1. The van der Waals surface area contributed by atoms with Gasteiger partial charge in [0.15, 0.2) is 6.10 Å². The average molecular weight is 1340 g/mol. The number of rotatable bonds is 24. The van der Waals surface area contributed by atoms with Crippen LogP contribution in [-0.4, -0.2) is 133 Å². The first-order chi connectivity index (χ1) is 44.8. The molecule has 3 saturated carbocycles. The van der Waals surface area contributed by atoms with Crippen LogP contribution in [0.5, 0.6) is 11.5 Å². The summed E-state index contributed by atoms with van der Waals surface area (Å²) in [7, 11) is 12.9. The van der Waals surface area contributed by atoms with Crippen LogP contribution < -0.4 is 25.4 Å². The Bertz CT molecular complexity index is 3300. The first-order valence-electron chi connectivity index (χ1n) is 33.3. The zero-order chi connectivity index (χ0) is 68.1. The lowest BCUT2D eigenvalue weighted by Crippen LogP contribution is -2.53. The zero-order valence-corrected chi connectivity index (χ0v) is 58.4. The molecule has 3 fully saturated rings. The highest BCUT2D eigenvalue weighted by atomic mass is 35.5. The highest BCUT2D eigenvalue weighted by molar-refractivity contribution is 7.99. The number of amides is 3. The monoisotopic (exact) mass is 1330 g/mol. The number of likely N-dealkylation sites (N-methyl/N-ethyl adjacent to an activating group) is 3. The minimum absolute atomic E-state index is 0.0315. The van der Waals surface area contributed by atoms with Crippen molar-refractivity contribution in [3.63, 3.8) is 0 Å². The van der Waals surface area contributed by atoms with Gasteiger partial charge in [-0.15, -0.1) is 0 Å². The number of nitrogens with zero attached hydrogens (tertiary/aromatic N) is 4. The summed E-state index contributed by atoms with van der Waals surface area (Å²) in [5.41, 5.74) is 6.94. The number of hydrogen-bond acceptors (Lipinski definition) is 10. The molecule has 3 aliphatic carbocycles. The van der Waals surface area contributed by atoms with Crippen molar-refractivity contribution in [3.8, 4) is 11.5 Å². The molecule has 3 amide bonds. The molecular formula is C76H100ClF4N7O5S. The van der Waals surface area contributed by atoms with Gasteiger partial charge >= 0.3 is 6.18 Å². The van der Waals surface area contributed by atoms with Crippen molar-refractivity contribution in [3.05, 3.63) is 189 Å². The van der Waals surface area contributed by atoms with Gasteiger partial charge in [-0.1, -0.05) is 120 Å². The summed E-state index contributed by atoms with van der Waals surface area (Å²) in [6.07, 6.45) is 12.5. The number of alkyl halides is 3. The van der Waals surface area contributed by atoms with Gasteiger partial charge in [-0.3, -0.25) is 14.4 Å². The maximum atomic E-state index is 13.3. The van der Waals surface area contributed by atoms with Gasteiger partial charge in [-0.2, -0.15) is 13.2 Å². The smallest absolute Gasteiger partial charge is 0.417 e. The van der Waals surface area contributed by atoms with E-state index in [1.165, 1.54) is 40.5 Å². The van der Waals surface area contributed by atoms with Gasteiger partial charge in [0, 0.05) is 52.4 Å². The van der Waals surface area contributed by atoms with E-state index in [9.17, 15) is 31.9 Å². The molecule has 1 aromatic heterocycles. The largest absolute Gasteiger partial charge is 0.493 e. The van der Waals surface area contributed by atoms with E-state index in [0.29, 0.717) is 41.7 Å². The van der Waals surface area contributed by atoms with E-state index >= 15 is 0 Å². The van der Waals surface area contributed by atoms with Gasteiger partial charge in [0.1, 0.15) is 17.3 Å². The second kappa shape index (κ2) is 35.5. The predicted molar refractivity (Wildman–Crippen MR) is 372 cm³/mol. The number of ether oxygens (including phenoxy) is 2. The maximum absolute atomic E-state index is 13.3. The van der Waals surface area contributed by atoms with Crippen LogP contribution in [0.1, 0.15) is 142 Å². The Labute approximate surface area is 566 Å². The lowest BCUT2D eigenvalue weighted by atomic mass is 9.74. The molecule has 94 heavy (non-hydrogen) atoms. The molecular weight excluding hydrogens is 1230 g/mol. The van der Waals surface area contributed by atoms with E-state index in [1.807, 2.05) is 74.5 Å². The molecule has 0 spiro atoms. The van der Waals surface area contributed by atoms with Crippen molar-refractivity contribution < 1.29 is 41.4 Å². The molecule has 1 unspecified atom stereocenters. The molecule has 0 radical (unpaired) electrons. The van der Waals surface area contributed by atoms with Crippen LogP contribution in [0.3, 0.4) is 0 Å². The summed E-state index contributed by atoms with van der Waals surface area (Å²) in [4.78, 5) is 48.4. The fourth-order valence-corrected chi connectivity index (χ4v) is 14.2. The van der Waals surface area contributed by atoms with E-state index in [0.717, 1.165) is 137 Å². The van der Waals surface area contributed by atoms with E-state index in [1.54, 1.807) is 0 Å². The van der Waals surface area contributed by atoms with Crippen molar-refractivity contribution in [1.82, 2.24) is 35.6 Å². The van der Waals surface area contributed by atoms with E-state index in [2.05, 4.69) is 140 Å². The molecule has 510 valence electrons. The molecule has 1 atom stereocenters. The Hall–Kier alpha value is -6.50. The van der Waals surface area contributed by atoms with Crippen LogP contribution in [0.25, 0.3) is 0 Å². The fourth-order valence-electron chi connectivity index (χ4n) is 13.3. The number of aryl methyl sites for hydroxylation is 3. The van der Waals surface area contributed by atoms with Crippen molar-refractivity contribution in [2.45, 2.75) is 195 Å². The van der Waals surface area contributed by atoms with E-state index in [-0.39, 0.29) is 64.0 Å². The standard InChI is InChI=1S/C27H37ClN2O2.C25H33FN2O2.C24H30F3N3OS/c1-20-7-9-22(10-8-20)19-27(30(3)4)15-13-24(14-16-27)29-26(31)6-5-17-32-25-12-11-23(28)18-21(25)2;1-4-23(30-22-8-6-5-7-9-22)24(29)27-21-14-16-25(17-15-21,28(2)3)18-19-10-12-20(26)13-11-19;1-17-5-4-6-18(13-17)14-23(30(2)3)11-9-20(10-12-23)29-21(31)16-32-22-8-7-19(15-28-22)24(25,26)27/h7-12,18,24H,5-6,13-17,19H2,1-4H3,(H,29,31);5-13,21,23H,4,14-18H2,1-3H3,(H,27,29);4-8,13,15,20H,9-12,14,16H2,1-3H3,(H,29,31). The Morgan fingerprint density at radius 2 is 1.14 bits per heavy atom. The first kappa shape index (κ1) is 74.9. The van der Waals surface area contributed by atoms with E-state index < -0.39 is 17.8 Å². The lowest BCUT2D eigenvalue weighted by molar-refractivity contribution is -0.138. The van der Waals surface area contributed by atoms with Crippen LogP contribution in [0.15, 0.2) is 145 Å². The van der Waals surface area contributed by atoms with Crippen LogP contribution in [0.4, 0.5) is 17.6 Å². The third-order valence-corrected chi connectivity index (χ3v) is 20.6. The van der Waals surface area contributed by atoms with Gasteiger partial charge in [0.2, 0.25) is 11.8 Å². The van der Waals surface area contributed by atoms with Gasteiger partial charge in [0.05, 0.1) is 22.9 Å². The quantitative estimate of drug-likeness (QED) is 0.0306. The summed E-state index contributed by atoms with van der Waals surface area (Å²) < 4.78 is 62.8. The molecule has 0 saturated heterocycles. The number of nitrogens with one attached hydrogen (secondary N) is 3. The van der Waals surface area contributed by atoms with Crippen molar-refractivity contribution in [2.24, 2.45) is 0 Å². The molecule has 3 N–H and O–H groups in total. The van der Waals surface area contributed by atoms with Gasteiger partial charge in [-0.05, 0) is 249 Å². The normalized spacial score (nSPS) is 21.6. The van der Waals surface area contributed by atoms with Crippen molar-refractivity contribution >= 4 is 41.1 Å². The molecule has 0 bridgehead atoms. The Balaban J connectivity index is 0.000000200. The number of pyridine rings is 1. The summed E-state index contributed by atoms with van der Waals surface area (Å²) in [5, 5.41) is 10.7. The average Bonchev–Trinajstić information content (AvgIpc) is 0.823. The Morgan fingerprint density at radius 3 is 1.63 bits per heavy atom. The number of carbonyl (C=O) groups excluding carboxylic acids is 3. The summed E-state index contributed by atoms with van der Waals surface area (Å²) in [5.74, 6) is 1.45. The Kier molecular flexibility index (Phi) is 28.3. The van der Waals surface area contributed by atoms with Gasteiger partial charge in [0.25, 0.3) is 5.91 Å². The third kappa shape index (κ3) is 22.8. The maximum Gasteiger partial charge on any atom is 0.417 e. The molecule has 5 aromatic carbocycles. The summed E-state index contributed by atoms with van der Waals surface area (Å²) in [6.45, 7) is 8.71. The Morgan fingerprint density at radius 1 is 0.617 bits per heavy atom. The minimum atomic E-state index is -4.41. The zero-order valence-electron chi connectivity index (χ0n) is 56.9. The number of hydrogen-bond donors (Lipinski definition) is 3. The van der Waals surface area contributed by atoms with Crippen molar-refractivity contribution in [1.29, 1.82) is 0 Å². The van der Waals surface area contributed by atoms with Crippen LogP contribution in [0.2, 0.25) is 5.02 Å². The molecule has 18 heteroatoms. The molecule has 1 heterocycles. The van der Waals surface area contributed by atoms with Gasteiger partial charge in [-0.25, -0.2) is 9.37 Å². The highest BCUT2D eigenvalue weighted by Crippen LogP contribution is 2.39. The van der Waals surface area contributed by atoms with Crippen molar-refractivity contribution in [2.75, 3.05) is 54.6 Å². The van der Waals surface area contributed by atoms with E-state index in [4.69, 9.17) is 21.1 Å². The summed E-state index contributed by atoms with van der Waals surface area (Å²) >= 11 is 7.13. The minimum Gasteiger partial charge on any atom is -0.493 e. The lowest BCUT2D eigenvalue weighted by Gasteiger charge is -2.45. The molecule has 0 aliphatic heterocycles. The topological polar surface area (TPSA) is 128 Å². The SMILES string of the molecule is CCC(Oc1ccccc1)C(=O)NC1CCC(Cc2ccc(F)cc2)(N(C)C)CC1.Cc1ccc(CC2(N(C)C)CCC(NC(=O)CCCOc3ccc(Cl)cc3C)CC2)cc1.Cc1cccc(CC2(N(C)C)CCC(NC(=O)CSc3ccc(C(F)(F)F)cn3)CC2)c1. The van der Waals surface area contributed by atoms with Crippen LogP contribution in [0, 0.1) is 26.6 Å². The second-order valence-electron chi connectivity index (χ2n) is 26.8. The molecule has 6 aromatic rings.